The third kappa shape index (κ3) is 3.22. The van der Waals surface area contributed by atoms with Gasteiger partial charge in [0.1, 0.15) is 5.75 Å². The van der Waals surface area contributed by atoms with Gasteiger partial charge < -0.3 is 20.3 Å². The van der Waals surface area contributed by atoms with Gasteiger partial charge in [0.25, 0.3) is 0 Å². The molecule has 106 valence electrons. The molecular formula is C16H19NO3. The van der Waals surface area contributed by atoms with Crippen LogP contribution in [-0.4, -0.2) is 17.3 Å². The van der Waals surface area contributed by atoms with Crippen molar-refractivity contribution in [2.45, 2.75) is 19.5 Å². The van der Waals surface area contributed by atoms with Gasteiger partial charge in [-0.1, -0.05) is 24.3 Å². The molecule has 0 aliphatic heterocycles. The van der Waals surface area contributed by atoms with Gasteiger partial charge in [-0.15, -0.1) is 0 Å². The molecule has 4 nitrogen and oxygen atoms in total. The number of hydrogen-bond donors (Lipinski definition) is 3. The second-order valence-electron chi connectivity index (χ2n) is 4.66. The molecule has 2 aromatic rings. The maximum atomic E-state index is 9.74. The summed E-state index contributed by atoms with van der Waals surface area (Å²) in [5, 5.41) is 22.5. The van der Waals surface area contributed by atoms with Crippen LogP contribution < -0.4 is 10.1 Å². The van der Waals surface area contributed by atoms with Gasteiger partial charge in [0.05, 0.1) is 7.11 Å². The number of rotatable bonds is 5. The molecule has 4 heteroatoms. The van der Waals surface area contributed by atoms with Crippen molar-refractivity contribution in [1.82, 2.24) is 5.32 Å². The largest absolute Gasteiger partial charge is 0.504 e. The molecule has 0 spiro atoms. The normalized spacial score (nSPS) is 12.1. The van der Waals surface area contributed by atoms with Crippen molar-refractivity contribution in [3.05, 3.63) is 53.6 Å². The Labute approximate surface area is 118 Å². The van der Waals surface area contributed by atoms with E-state index in [1.54, 1.807) is 19.2 Å². The molecule has 20 heavy (non-hydrogen) atoms. The van der Waals surface area contributed by atoms with E-state index in [-0.39, 0.29) is 17.5 Å². The molecule has 2 rings (SSSR count). The van der Waals surface area contributed by atoms with Gasteiger partial charge in [0, 0.05) is 18.2 Å². The topological polar surface area (TPSA) is 61.7 Å². The van der Waals surface area contributed by atoms with Gasteiger partial charge in [-0.3, -0.25) is 0 Å². The van der Waals surface area contributed by atoms with E-state index in [9.17, 15) is 10.2 Å². The Morgan fingerprint density at radius 1 is 1.10 bits per heavy atom. The van der Waals surface area contributed by atoms with Crippen LogP contribution in [-0.2, 0) is 6.54 Å². The van der Waals surface area contributed by atoms with Crippen molar-refractivity contribution in [2.75, 3.05) is 7.11 Å². The van der Waals surface area contributed by atoms with Gasteiger partial charge in [-0.25, -0.2) is 0 Å². The van der Waals surface area contributed by atoms with E-state index in [2.05, 4.69) is 5.32 Å². The maximum Gasteiger partial charge on any atom is 0.161 e. The predicted octanol–water partition coefficient (Wildman–Crippen LogP) is 2.96. The van der Waals surface area contributed by atoms with Crippen molar-refractivity contribution in [2.24, 2.45) is 0 Å². The number of nitrogens with one attached hydrogen (secondary N) is 1. The molecule has 0 aliphatic rings. The van der Waals surface area contributed by atoms with E-state index in [1.807, 2.05) is 31.2 Å². The van der Waals surface area contributed by atoms with Gasteiger partial charge in [-0.05, 0) is 30.7 Å². The molecule has 0 aromatic heterocycles. The van der Waals surface area contributed by atoms with Gasteiger partial charge >= 0.3 is 0 Å². The number of para-hydroxylation sites is 1. The minimum atomic E-state index is -0.0959. The molecule has 1 atom stereocenters. The maximum absolute atomic E-state index is 9.74. The van der Waals surface area contributed by atoms with E-state index in [1.165, 1.54) is 6.07 Å². The fourth-order valence-electron chi connectivity index (χ4n) is 1.99. The van der Waals surface area contributed by atoms with Crippen molar-refractivity contribution < 1.29 is 14.9 Å². The Kier molecular flexibility index (Phi) is 4.48. The zero-order valence-electron chi connectivity index (χ0n) is 11.6. The number of phenols is 2. The van der Waals surface area contributed by atoms with Crippen LogP contribution in [0.25, 0.3) is 0 Å². The molecule has 0 saturated heterocycles. The lowest BCUT2D eigenvalue weighted by Gasteiger charge is -2.15. The predicted molar refractivity (Wildman–Crippen MR) is 78.0 cm³/mol. The lowest BCUT2D eigenvalue weighted by Crippen LogP contribution is -2.18. The van der Waals surface area contributed by atoms with Crippen LogP contribution >= 0.6 is 0 Å². The quantitative estimate of drug-likeness (QED) is 0.733. The van der Waals surface area contributed by atoms with Crippen LogP contribution in [0, 0.1) is 0 Å². The molecule has 0 aliphatic carbocycles. The average molecular weight is 273 g/mol. The highest BCUT2D eigenvalue weighted by Gasteiger charge is 2.09. The van der Waals surface area contributed by atoms with Gasteiger partial charge in [0.15, 0.2) is 11.5 Å². The number of aromatic hydroxyl groups is 2. The third-order valence-corrected chi connectivity index (χ3v) is 3.31. The Bertz CT molecular complexity index is 566. The van der Waals surface area contributed by atoms with E-state index in [0.717, 1.165) is 11.3 Å². The van der Waals surface area contributed by atoms with Crippen LogP contribution in [0.2, 0.25) is 0 Å². The molecule has 0 heterocycles. The number of hydrogen-bond acceptors (Lipinski definition) is 4. The number of ether oxygens (including phenoxy) is 1. The molecule has 3 N–H and O–H groups in total. The summed E-state index contributed by atoms with van der Waals surface area (Å²) in [6.07, 6.45) is 0. The van der Waals surface area contributed by atoms with Crippen LogP contribution in [0.3, 0.4) is 0 Å². The SMILES string of the molecule is COc1ccc([C@H](C)NCc2cccc(O)c2O)cc1. The molecule has 0 unspecified atom stereocenters. The summed E-state index contributed by atoms with van der Waals surface area (Å²) in [5.74, 6) is 0.662. The van der Waals surface area contributed by atoms with Crippen LogP contribution in [0.15, 0.2) is 42.5 Å². The molecular weight excluding hydrogens is 254 g/mol. The van der Waals surface area contributed by atoms with Crippen molar-refractivity contribution in [1.29, 1.82) is 0 Å². The van der Waals surface area contributed by atoms with Crippen LogP contribution in [0.1, 0.15) is 24.1 Å². The molecule has 0 radical (unpaired) electrons. The molecule has 0 fully saturated rings. The Morgan fingerprint density at radius 2 is 1.80 bits per heavy atom. The first kappa shape index (κ1) is 14.2. The summed E-state index contributed by atoms with van der Waals surface area (Å²) in [4.78, 5) is 0. The fourth-order valence-corrected chi connectivity index (χ4v) is 1.99. The lowest BCUT2D eigenvalue weighted by molar-refractivity contribution is 0.396. The highest BCUT2D eigenvalue weighted by molar-refractivity contribution is 5.44. The number of benzene rings is 2. The van der Waals surface area contributed by atoms with Crippen LogP contribution in [0.5, 0.6) is 17.2 Å². The Hall–Kier alpha value is -2.20. The third-order valence-electron chi connectivity index (χ3n) is 3.31. The Balaban J connectivity index is 2.00. The van der Waals surface area contributed by atoms with Crippen molar-refractivity contribution >= 4 is 0 Å². The highest BCUT2D eigenvalue weighted by atomic mass is 16.5. The second-order valence-corrected chi connectivity index (χ2v) is 4.66. The summed E-state index contributed by atoms with van der Waals surface area (Å²) in [6.45, 7) is 2.52. The highest BCUT2D eigenvalue weighted by Crippen LogP contribution is 2.28. The van der Waals surface area contributed by atoms with Gasteiger partial charge in [-0.2, -0.15) is 0 Å². The monoisotopic (exact) mass is 273 g/mol. The molecule has 2 aromatic carbocycles. The van der Waals surface area contributed by atoms with Crippen LogP contribution in [0.4, 0.5) is 0 Å². The summed E-state index contributed by atoms with van der Waals surface area (Å²) in [6, 6.07) is 12.9. The van der Waals surface area contributed by atoms with E-state index < -0.39 is 0 Å². The van der Waals surface area contributed by atoms with Crippen molar-refractivity contribution in [3.8, 4) is 17.2 Å². The van der Waals surface area contributed by atoms with Crippen molar-refractivity contribution in [3.63, 3.8) is 0 Å². The van der Waals surface area contributed by atoms with E-state index in [4.69, 9.17) is 4.74 Å². The molecule has 0 amide bonds. The second kappa shape index (κ2) is 6.30. The lowest BCUT2D eigenvalue weighted by atomic mass is 10.1. The van der Waals surface area contributed by atoms with E-state index >= 15 is 0 Å². The standard InChI is InChI=1S/C16H19NO3/c1-11(12-6-8-14(20-2)9-7-12)17-10-13-4-3-5-15(18)16(13)19/h3-9,11,17-19H,10H2,1-2H3/t11-/m0/s1. The number of phenolic OH excluding ortho intramolecular Hbond substituents is 2. The average Bonchev–Trinajstić information content (AvgIpc) is 2.48. The first-order valence-corrected chi connectivity index (χ1v) is 6.49. The first-order chi connectivity index (χ1) is 9.61. The summed E-state index contributed by atoms with van der Waals surface area (Å²) in [5.41, 5.74) is 1.80. The first-order valence-electron chi connectivity index (χ1n) is 6.49. The molecule has 0 bridgehead atoms. The van der Waals surface area contributed by atoms with E-state index in [0.29, 0.717) is 12.1 Å². The van der Waals surface area contributed by atoms with Gasteiger partial charge in [0.2, 0.25) is 0 Å². The zero-order chi connectivity index (χ0) is 14.5. The minimum absolute atomic E-state index is 0.0677. The summed E-state index contributed by atoms with van der Waals surface area (Å²) >= 11 is 0. The molecule has 0 saturated carbocycles. The summed E-state index contributed by atoms with van der Waals surface area (Å²) in [7, 11) is 1.64. The number of methoxy groups -OCH3 is 1. The fraction of sp³-hybridized carbons (Fsp3) is 0.250. The Morgan fingerprint density at radius 3 is 2.45 bits per heavy atom. The summed E-state index contributed by atoms with van der Waals surface area (Å²) < 4.78 is 5.13. The smallest absolute Gasteiger partial charge is 0.161 e. The zero-order valence-corrected chi connectivity index (χ0v) is 11.6. The minimum Gasteiger partial charge on any atom is -0.504 e.